The number of sulfonamides is 1. The third-order valence-corrected chi connectivity index (χ3v) is 8.82. The lowest BCUT2D eigenvalue weighted by atomic mass is 9.99. The summed E-state index contributed by atoms with van der Waals surface area (Å²) in [5.74, 6) is 0.718. The molecule has 0 aliphatic carbocycles. The fourth-order valence-corrected chi connectivity index (χ4v) is 6.10. The molecule has 3 atom stereocenters. The summed E-state index contributed by atoms with van der Waals surface area (Å²) in [7, 11) is -2.06. The number of hydrogen-bond donors (Lipinski definition) is 2. The molecular formula is C30H34FN3O7S. The zero-order valence-electron chi connectivity index (χ0n) is 23.6. The maximum absolute atomic E-state index is 13.7. The monoisotopic (exact) mass is 599 g/mol. The molecule has 3 aromatic rings. The molecule has 0 spiro atoms. The van der Waals surface area contributed by atoms with Crippen molar-refractivity contribution in [1.82, 2.24) is 9.80 Å². The molecule has 0 bridgehead atoms. The van der Waals surface area contributed by atoms with Crippen LogP contribution in [0.25, 0.3) is 0 Å². The van der Waals surface area contributed by atoms with Crippen molar-refractivity contribution in [2.75, 3.05) is 38.3 Å². The first-order valence-corrected chi connectivity index (χ1v) is 15.1. The highest BCUT2D eigenvalue weighted by Crippen LogP contribution is 2.34. The van der Waals surface area contributed by atoms with E-state index in [1.807, 2.05) is 32.2 Å². The van der Waals surface area contributed by atoms with Crippen LogP contribution >= 0.6 is 0 Å². The lowest BCUT2D eigenvalue weighted by Crippen LogP contribution is -2.49. The first-order chi connectivity index (χ1) is 20.0. The van der Waals surface area contributed by atoms with Crippen molar-refractivity contribution in [3.05, 3.63) is 77.6 Å². The van der Waals surface area contributed by atoms with Gasteiger partial charge < -0.3 is 24.2 Å². The zero-order valence-corrected chi connectivity index (χ0v) is 24.4. The predicted molar refractivity (Wildman–Crippen MR) is 154 cm³/mol. The molecule has 0 radical (unpaired) electrons. The predicted octanol–water partition coefficient (Wildman–Crippen LogP) is 3.71. The Balaban J connectivity index is 1.40. The normalized spacial score (nSPS) is 19.1. The van der Waals surface area contributed by atoms with Crippen LogP contribution in [-0.4, -0.2) is 74.9 Å². The molecule has 0 fully saturated rings. The van der Waals surface area contributed by atoms with E-state index in [9.17, 15) is 22.7 Å². The number of hydrogen-bond acceptors (Lipinski definition) is 8. The standard InChI is InChI=1S/C30H34FN3O7S/c1-19-14-34(20(2)17-35)30(36)25-13-23(32-42(37,38)24-8-5-22(31)6-9-24)7-11-26(25)41-29(19)16-33(3)15-21-4-10-27-28(12-21)40-18-39-27/h4-13,19-20,29,32,35H,14-18H2,1-3H3/t19-,20+,29-/m0/s1. The third kappa shape index (κ3) is 6.45. The van der Waals surface area contributed by atoms with Gasteiger partial charge in [0.2, 0.25) is 6.79 Å². The van der Waals surface area contributed by atoms with E-state index in [0.29, 0.717) is 31.1 Å². The first kappa shape index (κ1) is 29.6. The minimum Gasteiger partial charge on any atom is -0.488 e. The van der Waals surface area contributed by atoms with E-state index in [0.717, 1.165) is 35.6 Å². The number of rotatable bonds is 9. The molecule has 2 N–H and O–H groups in total. The number of ether oxygens (including phenoxy) is 3. The maximum atomic E-state index is 13.7. The lowest BCUT2D eigenvalue weighted by molar-refractivity contribution is 0.0341. The Morgan fingerprint density at radius 3 is 2.52 bits per heavy atom. The second-order valence-electron chi connectivity index (χ2n) is 10.8. The Labute approximate surface area is 244 Å². The topological polar surface area (TPSA) is 118 Å². The first-order valence-electron chi connectivity index (χ1n) is 13.6. The number of likely N-dealkylation sites (N-methyl/N-ethyl adjacent to an activating group) is 1. The van der Waals surface area contributed by atoms with Gasteiger partial charge in [0, 0.05) is 31.2 Å². The summed E-state index contributed by atoms with van der Waals surface area (Å²) in [6, 6.07) is 14.3. The van der Waals surface area contributed by atoms with Gasteiger partial charge in [0.15, 0.2) is 11.5 Å². The van der Waals surface area contributed by atoms with Crippen LogP contribution in [0.3, 0.4) is 0 Å². The number of amides is 1. The number of halogens is 1. The van der Waals surface area contributed by atoms with Gasteiger partial charge in [-0.3, -0.25) is 14.4 Å². The average molecular weight is 600 g/mol. The van der Waals surface area contributed by atoms with Gasteiger partial charge in [0.25, 0.3) is 15.9 Å². The number of benzene rings is 3. The molecule has 10 nitrogen and oxygen atoms in total. The fourth-order valence-electron chi connectivity index (χ4n) is 5.05. The number of carbonyl (C=O) groups is 1. The minimum absolute atomic E-state index is 0.0908. The van der Waals surface area contributed by atoms with Gasteiger partial charge in [0.1, 0.15) is 17.7 Å². The largest absolute Gasteiger partial charge is 0.488 e. The summed E-state index contributed by atoms with van der Waals surface area (Å²) in [4.78, 5) is 17.3. The summed E-state index contributed by atoms with van der Waals surface area (Å²) in [5, 5.41) is 9.93. The van der Waals surface area contributed by atoms with E-state index >= 15 is 0 Å². The van der Waals surface area contributed by atoms with Gasteiger partial charge in [0.05, 0.1) is 23.1 Å². The van der Waals surface area contributed by atoms with Crippen molar-refractivity contribution >= 4 is 21.6 Å². The Morgan fingerprint density at radius 2 is 1.79 bits per heavy atom. The number of nitrogens with zero attached hydrogens (tertiary/aromatic N) is 2. The SMILES string of the molecule is C[C@H](CO)N1C[C@H](C)[C@H](CN(C)Cc2ccc3c(c2)OCO3)Oc2ccc(NS(=O)(=O)c3ccc(F)cc3)cc2C1=O. The van der Waals surface area contributed by atoms with E-state index in [-0.39, 0.29) is 47.5 Å². The fraction of sp³-hybridized carbons (Fsp3) is 0.367. The van der Waals surface area contributed by atoms with Crippen molar-refractivity contribution in [2.45, 2.75) is 37.4 Å². The molecule has 5 rings (SSSR count). The quantitative estimate of drug-likeness (QED) is 0.383. The molecule has 12 heteroatoms. The summed E-state index contributed by atoms with van der Waals surface area (Å²) < 4.78 is 59.0. The summed E-state index contributed by atoms with van der Waals surface area (Å²) >= 11 is 0. The molecule has 0 aromatic heterocycles. The Hall–Kier alpha value is -3.87. The highest BCUT2D eigenvalue weighted by molar-refractivity contribution is 7.92. The van der Waals surface area contributed by atoms with Gasteiger partial charge in [-0.25, -0.2) is 12.8 Å². The minimum atomic E-state index is -4.04. The number of fused-ring (bicyclic) bond motifs is 2. The molecular weight excluding hydrogens is 565 g/mol. The molecule has 42 heavy (non-hydrogen) atoms. The van der Waals surface area contributed by atoms with Gasteiger partial charge in [-0.05, 0) is 74.1 Å². The van der Waals surface area contributed by atoms with Crippen LogP contribution in [0.5, 0.6) is 17.2 Å². The molecule has 2 heterocycles. The van der Waals surface area contributed by atoms with E-state index in [4.69, 9.17) is 14.2 Å². The van der Waals surface area contributed by atoms with Gasteiger partial charge in [-0.15, -0.1) is 0 Å². The second-order valence-corrected chi connectivity index (χ2v) is 12.5. The van der Waals surface area contributed by atoms with Crippen molar-refractivity contribution in [2.24, 2.45) is 5.92 Å². The third-order valence-electron chi connectivity index (χ3n) is 7.42. The van der Waals surface area contributed by atoms with E-state index in [1.165, 1.54) is 12.1 Å². The van der Waals surface area contributed by atoms with E-state index in [1.54, 1.807) is 17.9 Å². The van der Waals surface area contributed by atoms with Gasteiger partial charge in [-0.1, -0.05) is 13.0 Å². The van der Waals surface area contributed by atoms with Crippen LogP contribution in [0.1, 0.15) is 29.8 Å². The Kier molecular flexibility index (Phi) is 8.58. The molecule has 2 aliphatic heterocycles. The number of nitrogens with one attached hydrogen (secondary N) is 1. The van der Waals surface area contributed by atoms with Crippen molar-refractivity contribution in [3.8, 4) is 17.2 Å². The molecule has 0 saturated heterocycles. The molecule has 0 saturated carbocycles. The molecule has 2 aliphatic rings. The van der Waals surface area contributed by atoms with Crippen LogP contribution in [0, 0.1) is 11.7 Å². The highest BCUT2D eigenvalue weighted by Gasteiger charge is 2.34. The van der Waals surface area contributed by atoms with Crippen LogP contribution in [-0.2, 0) is 16.6 Å². The van der Waals surface area contributed by atoms with Crippen molar-refractivity contribution in [3.63, 3.8) is 0 Å². The molecule has 0 unspecified atom stereocenters. The Morgan fingerprint density at radius 1 is 1.07 bits per heavy atom. The molecule has 1 amide bonds. The Bertz CT molecular complexity index is 1550. The van der Waals surface area contributed by atoms with Gasteiger partial charge in [-0.2, -0.15) is 0 Å². The zero-order chi connectivity index (χ0) is 30.0. The van der Waals surface area contributed by atoms with Crippen LogP contribution in [0.4, 0.5) is 10.1 Å². The second kappa shape index (κ2) is 12.2. The van der Waals surface area contributed by atoms with Crippen molar-refractivity contribution in [1.29, 1.82) is 0 Å². The van der Waals surface area contributed by atoms with E-state index < -0.39 is 21.9 Å². The average Bonchev–Trinajstić information content (AvgIpc) is 3.43. The van der Waals surface area contributed by atoms with Crippen LogP contribution in [0.2, 0.25) is 0 Å². The lowest BCUT2D eigenvalue weighted by Gasteiger charge is -2.38. The van der Waals surface area contributed by atoms with Crippen LogP contribution < -0.4 is 18.9 Å². The molecule has 224 valence electrons. The molecule has 3 aromatic carbocycles. The van der Waals surface area contributed by atoms with Crippen LogP contribution in [0.15, 0.2) is 65.6 Å². The van der Waals surface area contributed by atoms with E-state index in [2.05, 4.69) is 9.62 Å². The summed E-state index contributed by atoms with van der Waals surface area (Å²) in [6.07, 6.45) is -0.328. The summed E-state index contributed by atoms with van der Waals surface area (Å²) in [5.41, 5.74) is 1.37. The summed E-state index contributed by atoms with van der Waals surface area (Å²) in [6.45, 7) is 5.21. The highest BCUT2D eigenvalue weighted by atomic mass is 32.2. The maximum Gasteiger partial charge on any atom is 0.261 e. The number of aliphatic hydroxyl groups is 1. The van der Waals surface area contributed by atoms with Gasteiger partial charge >= 0.3 is 0 Å². The van der Waals surface area contributed by atoms with Crippen molar-refractivity contribution < 1.29 is 36.9 Å². The number of aliphatic hydroxyl groups excluding tert-OH is 1. The number of carbonyl (C=O) groups excluding carboxylic acids is 1. The smallest absolute Gasteiger partial charge is 0.261 e. The number of anilines is 1.